The summed E-state index contributed by atoms with van der Waals surface area (Å²) < 4.78 is 12.9. The van der Waals surface area contributed by atoms with Crippen molar-refractivity contribution in [2.24, 2.45) is 12.5 Å². The molecule has 24 heavy (non-hydrogen) atoms. The highest BCUT2D eigenvalue weighted by atomic mass is 16.7. The van der Waals surface area contributed by atoms with Crippen molar-refractivity contribution in [3.63, 3.8) is 0 Å². The van der Waals surface area contributed by atoms with Crippen LogP contribution in [0.1, 0.15) is 31.2 Å². The van der Waals surface area contributed by atoms with Gasteiger partial charge in [-0.2, -0.15) is 0 Å². The maximum atomic E-state index is 5.52. The Morgan fingerprint density at radius 2 is 2.12 bits per heavy atom. The molecule has 2 aliphatic heterocycles. The first-order chi connectivity index (χ1) is 11.6. The number of likely N-dealkylation sites (tertiary alicyclic amines) is 1. The van der Waals surface area contributed by atoms with Crippen LogP contribution in [0.15, 0.2) is 24.5 Å². The smallest absolute Gasteiger partial charge is 0.231 e. The van der Waals surface area contributed by atoms with E-state index in [9.17, 15) is 0 Å². The van der Waals surface area contributed by atoms with E-state index in [0.29, 0.717) is 6.79 Å². The van der Waals surface area contributed by atoms with E-state index < -0.39 is 0 Å². The van der Waals surface area contributed by atoms with Crippen LogP contribution >= 0.6 is 0 Å². The molecule has 6 nitrogen and oxygen atoms in total. The third kappa shape index (κ3) is 3.11. The lowest BCUT2D eigenvalue weighted by Gasteiger charge is -2.40. The van der Waals surface area contributed by atoms with Gasteiger partial charge < -0.3 is 14.0 Å². The molecule has 0 unspecified atom stereocenters. The quantitative estimate of drug-likeness (QED) is 0.862. The molecule has 128 valence electrons. The van der Waals surface area contributed by atoms with Crippen molar-refractivity contribution in [2.75, 3.05) is 19.9 Å². The number of fused-ring (bicyclic) bond motifs is 1. The van der Waals surface area contributed by atoms with Crippen molar-refractivity contribution in [3.05, 3.63) is 35.9 Å². The zero-order valence-corrected chi connectivity index (χ0v) is 14.4. The molecule has 0 amide bonds. The van der Waals surface area contributed by atoms with E-state index in [2.05, 4.69) is 34.2 Å². The Hall–Kier alpha value is -2.08. The predicted molar refractivity (Wildman–Crippen MR) is 89.9 cm³/mol. The fourth-order valence-electron chi connectivity index (χ4n) is 3.90. The number of aryl methyl sites for hydroxylation is 1. The second-order valence-corrected chi connectivity index (χ2v) is 7.35. The molecule has 1 saturated heterocycles. The summed E-state index contributed by atoms with van der Waals surface area (Å²) in [6.07, 6.45) is 5.29. The molecule has 1 aromatic carbocycles. The van der Waals surface area contributed by atoms with Crippen LogP contribution in [0, 0.1) is 5.41 Å². The number of nitrogens with zero attached hydrogens (tertiary/aromatic N) is 4. The lowest BCUT2D eigenvalue weighted by Crippen LogP contribution is -2.42. The van der Waals surface area contributed by atoms with Crippen molar-refractivity contribution in [2.45, 2.75) is 32.7 Å². The van der Waals surface area contributed by atoms with Crippen LogP contribution in [0.4, 0.5) is 0 Å². The molecule has 2 aliphatic rings. The Labute approximate surface area is 142 Å². The summed E-state index contributed by atoms with van der Waals surface area (Å²) >= 11 is 0. The number of piperidine rings is 1. The molecule has 4 rings (SSSR count). The lowest BCUT2D eigenvalue weighted by atomic mass is 9.77. The summed E-state index contributed by atoms with van der Waals surface area (Å²) in [6.45, 7) is 5.80. The van der Waals surface area contributed by atoms with Gasteiger partial charge in [0, 0.05) is 13.6 Å². The van der Waals surface area contributed by atoms with E-state index >= 15 is 0 Å². The minimum atomic E-state index is 0.268. The van der Waals surface area contributed by atoms with Crippen LogP contribution < -0.4 is 9.47 Å². The molecule has 0 N–H and O–H groups in total. The molecule has 1 atom stereocenters. The zero-order valence-electron chi connectivity index (χ0n) is 14.4. The maximum absolute atomic E-state index is 5.52. The topological polar surface area (TPSA) is 52.4 Å². The second kappa shape index (κ2) is 6.09. The van der Waals surface area contributed by atoms with Crippen LogP contribution in [0.2, 0.25) is 0 Å². The van der Waals surface area contributed by atoms with Crippen molar-refractivity contribution in [3.8, 4) is 11.5 Å². The van der Waals surface area contributed by atoms with Gasteiger partial charge in [0.05, 0.1) is 6.54 Å². The number of hydrogen-bond donors (Lipinski definition) is 0. The van der Waals surface area contributed by atoms with Crippen molar-refractivity contribution in [1.82, 2.24) is 19.7 Å². The molecule has 0 bridgehead atoms. The normalized spacial score (nSPS) is 23.6. The number of hydrogen-bond acceptors (Lipinski definition) is 5. The Bertz CT molecular complexity index is 730. The van der Waals surface area contributed by atoms with Gasteiger partial charge >= 0.3 is 0 Å². The number of benzene rings is 1. The third-order valence-corrected chi connectivity index (χ3v) is 5.10. The van der Waals surface area contributed by atoms with Crippen molar-refractivity contribution in [1.29, 1.82) is 0 Å². The molecule has 0 saturated carbocycles. The van der Waals surface area contributed by atoms with Crippen LogP contribution in [0.5, 0.6) is 11.5 Å². The van der Waals surface area contributed by atoms with Crippen molar-refractivity contribution < 1.29 is 9.47 Å². The van der Waals surface area contributed by atoms with Gasteiger partial charge in [0.15, 0.2) is 11.5 Å². The van der Waals surface area contributed by atoms with Gasteiger partial charge in [-0.25, -0.2) is 0 Å². The summed E-state index contributed by atoms with van der Waals surface area (Å²) in [5.41, 5.74) is 1.59. The molecule has 6 heteroatoms. The monoisotopic (exact) mass is 328 g/mol. The number of ether oxygens (including phenoxy) is 2. The van der Waals surface area contributed by atoms with Gasteiger partial charge in [-0.3, -0.25) is 4.90 Å². The van der Waals surface area contributed by atoms with Crippen LogP contribution in [-0.2, 0) is 20.0 Å². The Morgan fingerprint density at radius 3 is 2.96 bits per heavy atom. The molecule has 0 radical (unpaired) electrons. The number of aromatic nitrogens is 3. The average molecular weight is 328 g/mol. The van der Waals surface area contributed by atoms with E-state index in [1.165, 1.54) is 18.4 Å². The summed E-state index contributed by atoms with van der Waals surface area (Å²) in [7, 11) is 2.01. The molecular formula is C18H24N4O2. The van der Waals surface area contributed by atoms with Gasteiger partial charge in [0.25, 0.3) is 0 Å². The third-order valence-electron chi connectivity index (χ3n) is 5.10. The van der Waals surface area contributed by atoms with E-state index in [-0.39, 0.29) is 5.41 Å². The van der Waals surface area contributed by atoms with Crippen molar-refractivity contribution >= 4 is 0 Å². The van der Waals surface area contributed by atoms with Gasteiger partial charge in [0.2, 0.25) is 6.79 Å². The fraction of sp³-hybridized carbons (Fsp3) is 0.556. The van der Waals surface area contributed by atoms with Gasteiger partial charge in [-0.1, -0.05) is 13.0 Å². The Kier molecular flexibility index (Phi) is 3.92. The van der Waals surface area contributed by atoms with E-state index in [1.807, 2.05) is 17.7 Å². The van der Waals surface area contributed by atoms with Gasteiger partial charge in [0.1, 0.15) is 12.2 Å². The summed E-state index contributed by atoms with van der Waals surface area (Å²) in [6, 6.07) is 6.33. The fourth-order valence-corrected chi connectivity index (χ4v) is 3.90. The number of rotatable bonds is 4. The first-order valence-electron chi connectivity index (χ1n) is 8.55. The summed E-state index contributed by atoms with van der Waals surface area (Å²) in [5, 5.41) is 8.21. The SMILES string of the molecule is Cn1cnnc1CN1CCC[C@](C)(Cc2ccc3c(c2)OCO3)C1. The Balaban J connectivity index is 1.45. The maximum Gasteiger partial charge on any atom is 0.231 e. The molecule has 0 spiro atoms. The van der Waals surface area contributed by atoms with Crippen LogP contribution in [0.25, 0.3) is 0 Å². The van der Waals surface area contributed by atoms with Gasteiger partial charge in [-0.05, 0) is 48.9 Å². The van der Waals surface area contributed by atoms with Gasteiger partial charge in [-0.15, -0.1) is 10.2 Å². The van der Waals surface area contributed by atoms with E-state index in [0.717, 1.165) is 43.4 Å². The minimum Gasteiger partial charge on any atom is -0.454 e. The largest absolute Gasteiger partial charge is 0.454 e. The van der Waals surface area contributed by atoms with E-state index in [1.54, 1.807) is 6.33 Å². The standard InChI is InChI=1S/C18H24N4O2/c1-18(9-14-4-5-15-16(8-14)24-13-23-15)6-3-7-22(11-18)10-17-20-19-12-21(17)2/h4-5,8,12H,3,6-7,9-11,13H2,1-2H3/t18-/m1/s1. The van der Waals surface area contributed by atoms with Crippen LogP contribution in [-0.4, -0.2) is 39.5 Å². The van der Waals surface area contributed by atoms with E-state index in [4.69, 9.17) is 9.47 Å². The first kappa shape index (κ1) is 15.4. The average Bonchev–Trinajstić information content (AvgIpc) is 3.16. The predicted octanol–water partition coefficient (Wildman–Crippen LogP) is 2.39. The minimum absolute atomic E-state index is 0.268. The molecule has 1 fully saturated rings. The molecule has 1 aromatic heterocycles. The highest BCUT2D eigenvalue weighted by molar-refractivity contribution is 5.44. The molecule has 2 aromatic rings. The summed E-state index contributed by atoms with van der Waals surface area (Å²) in [4.78, 5) is 2.50. The Morgan fingerprint density at radius 1 is 1.25 bits per heavy atom. The highest BCUT2D eigenvalue weighted by Crippen LogP contribution is 2.37. The molecule has 3 heterocycles. The lowest BCUT2D eigenvalue weighted by molar-refractivity contribution is 0.0940. The highest BCUT2D eigenvalue weighted by Gasteiger charge is 2.32. The second-order valence-electron chi connectivity index (χ2n) is 7.35. The summed E-state index contributed by atoms with van der Waals surface area (Å²) in [5.74, 6) is 2.77. The first-order valence-corrected chi connectivity index (χ1v) is 8.55. The van der Waals surface area contributed by atoms with Crippen LogP contribution in [0.3, 0.4) is 0 Å². The molecular weight excluding hydrogens is 304 g/mol. The molecule has 0 aliphatic carbocycles. The zero-order chi connectivity index (χ0) is 16.6.